The second-order valence-electron chi connectivity index (χ2n) is 2.11. The van der Waals surface area contributed by atoms with E-state index in [2.05, 4.69) is 10.1 Å². The van der Waals surface area contributed by atoms with Crippen LogP contribution in [0.3, 0.4) is 0 Å². The van der Waals surface area contributed by atoms with Crippen LogP contribution in [0.15, 0.2) is 17.1 Å². The minimum atomic E-state index is 0.488. The van der Waals surface area contributed by atoms with Crippen LogP contribution in [-0.4, -0.2) is 16.3 Å². The van der Waals surface area contributed by atoms with Crippen molar-refractivity contribution in [2.24, 2.45) is 12.0 Å². The van der Waals surface area contributed by atoms with Crippen LogP contribution < -0.4 is 5.49 Å². The van der Waals surface area contributed by atoms with Gasteiger partial charge in [-0.15, -0.1) is 0 Å². The van der Waals surface area contributed by atoms with Gasteiger partial charge in [-0.2, -0.15) is 5.10 Å². The Kier molecular flexibility index (Phi) is 2.65. The van der Waals surface area contributed by atoms with Gasteiger partial charge in [-0.1, -0.05) is 11.6 Å². The molecule has 1 aromatic rings. The quantitative estimate of drug-likeness (QED) is 0.620. The Morgan fingerprint density at radius 1 is 1.64 bits per heavy atom. The molecule has 11 heavy (non-hydrogen) atoms. The van der Waals surface area contributed by atoms with Crippen LogP contribution in [-0.2, 0) is 7.05 Å². The number of hydrogen-bond donors (Lipinski definition) is 0. The summed E-state index contributed by atoms with van der Waals surface area (Å²) < 4.78 is 1.66. The summed E-state index contributed by atoms with van der Waals surface area (Å²) in [5, 5.41) is 4.47. The Morgan fingerprint density at radius 2 is 2.36 bits per heavy atom. The number of rotatable bonds is 1. The van der Waals surface area contributed by atoms with E-state index < -0.39 is 0 Å². The van der Waals surface area contributed by atoms with Crippen molar-refractivity contribution in [3.8, 4) is 0 Å². The first-order chi connectivity index (χ1) is 5.24. The van der Waals surface area contributed by atoms with Gasteiger partial charge in [0.2, 0.25) is 0 Å². The molecule has 0 aliphatic heterocycles. The minimum absolute atomic E-state index is 0.488. The van der Waals surface area contributed by atoms with Crippen molar-refractivity contribution in [3.63, 3.8) is 0 Å². The van der Waals surface area contributed by atoms with Crippen LogP contribution in [0.25, 0.3) is 0 Å². The molecule has 0 spiro atoms. The van der Waals surface area contributed by atoms with Crippen LogP contribution >= 0.6 is 11.6 Å². The highest BCUT2D eigenvalue weighted by Crippen LogP contribution is 1.96. The maximum absolute atomic E-state index is 5.64. The fourth-order valence-corrected chi connectivity index (χ4v) is 0.972. The molecule has 0 aliphatic carbocycles. The number of halogens is 1. The third-order valence-corrected chi connectivity index (χ3v) is 1.47. The zero-order valence-electron chi connectivity index (χ0n) is 6.58. The van der Waals surface area contributed by atoms with Gasteiger partial charge in [0.25, 0.3) is 0 Å². The Hall–Kier alpha value is -0.830. The first-order valence-corrected chi connectivity index (χ1v) is 3.82. The maximum Gasteiger partial charge on any atom is 0.149 e. The van der Waals surface area contributed by atoms with Gasteiger partial charge in [0, 0.05) is 13.6 Å². The summed E-state index contributed by atoms with van der Waals surface area (Å²) >= 11 is 5.64. The van der Waals surface area contributed by atoms with E-state index in [1.807, 2.05) is 20.0 Å². The van der Waals surface area contributed by atoms with E-state index in [4.69, 9.17) is 11.6 Å². The van der Waals surface area contributed by atoms with Crippen LogP contribution in [0.2, 0.25) is 5.15 Å². The average molecular weight is 172 g/mol. The highest BCUT2D eigenvalue weighted by molar-refractivity contribution is 6.29. The van der Waals surface area contributed by atoms with Crippen molar-refractivity contribution < 1.29 is 0 Å². The molecule has 0 atom stereocenters. The van der Waals surface area contributed by atoms with Gasteiger partial charge in [0.1, 0.15) is 10.6 Å². The largest absolute Gasteiger partial charge is 0.267 e. The van der Waals surface area contributed by atoms with Crippen LogP contribution in [0.5, 0.6) is 0 Å². The Bertz CT molecular complexity index is 303. The maximum atomic E-state index is 5.64. The average Bonchev–Trinajstić information content (AvgIpc) is 1.95. The number of aromatic nitrogens is 2. The Morgan fingerprint density at radius 3 is 2.91 bits per heavy atom. The standard InChI is InChI=1S/C7H10ClN3/c1-3-9-7-5-4-6(8)10-11(7)2/h4-5H,3H2,1-2H3/b9-7-. The lowest BCUT2D eigenvalue weighted by Gasteiger charge is -1.97. The van der Waals surface area contributed by atoms with Crippen molar-refractivity contribution in [1.29, 1.82) is 0 Å². The smallest absolute Gasteiger partial charge is 0.149 e. The SMILES string of the molecule is CC/N=c1/ccc(Cl)nn1C. The third-order valence-electron chi connectivity index (χ3n) is 1.27. The van der Waals surface area contributed by atoms with Crippen molar-refractivity contribution in [2.45, 2.75) is 6.92 Å². The number of hydrogen-bond acceptors (Lipinski definition) is 2. The van der Waals surface area contributed by atoms with E-state index in [-0.39, 0.29) is 0 Å². The molecule has 1 aromatic heterocycles. The van der Waals surface area contributed by atoms with Crippen LogP contribution in [0, 0.1) is 0 Å². The molecule has 0 unspecified atom stereocenters. The Labute approximate surface area is 70.3 Å². The van der Waals surface area contributed by atoms with Crippen molar-refractivity contribution in [3.05, 3.63) is 22.8 Å². The summed E-state index contributed by atoms with van der Waals surface area (Å²) in [5.74, 6) is 0. The monoisotopic (exact) mass is 171 g/mol. The first-order valence-electron chi connectivity index (χ1n) is 3.44. The van der Waals surface area contributed by atoms with Crippen molar-refractivity contribution in [2.75, 3.05) is 6.54 Å². The highest BCUT2D eigenvalue weighted by atomic mass is 35.5. The highest BCUT2D eigenvalue weighted by Gasteiger charge is 1.89. The lowest BCUT2D eigenvalue weighted by Crippen LogP contribution is -2.19. The molecule has 0 N–H and O–H groups in total. The molecule has 0 aliphatic rings. The number of nitrogens with zero attached hydrogens (tertiary/aromatic N) is 3. The van der Waals surface area contributed by atoms with Gasteiger partial charge >= 0.3 is 0 Å². The lowest BCUT2D eigenvalue weighted by atomic mass is 10.5. The summed E-state index contributed by atoms with van der Waals surface area (Å²) in [5.41, 5.74) is 0.844. The Balaban J connectivity index is 3.20. The fraction of sp³-hybridized carbons (Fsp3) is 0.429. The number of aryl methyl sites for hydroxylation is 1. The third kappa shape index (κ3) is 2.05. The molecule has 60 valence electrons. The van der Waals surface area contributed by atoms with Gasteiger partial charge in [0.15, 0.2) is 0 Å². The summed E-state index contributed by atoms with van der Waals surface area (Å²) in [4.78, 5) is 4.19. The lowest BCUT2D eigenvalue weighted by molar-refractivity contribution is 0.683. The van der Waals surface area contributed by atoms with Crippen molar-refractivity contribution >= 4 is 11.6 Å². The van der Waals surface area contributed by atoms with E-state index in [1.54, 1.807) is 10.7 Å². The van der Waals surface area contributed by atoms with Crippen molar-refractivity contribution in [1.82, 2.24) is 9.78 Å². The normalized spacial score (nSPS) is 12.1. The fourth-order valence-electron chi connectivity index (χ4n) is 0.796. The van der Waals surface area contributed by atoms with Gasteiger partial charge in [-0.3, -0.25) is 4.99 Å². The molecule has 0 saturated carbocycles. The molecule has 0 bridgehead atoms. The van der Waals surface area contributed by atoms with Gasteiger partial charge < -0.3 is 0 Å². The van der Waals surface area contributed by atoms with E-state index >= 15 is 0 Å². The molecular weight excluding hydrogens is 162 g/mol. The van der Waals surface area contributed by atoms with Crippen LogP contribution in [0.1, 0.15) is 6.92 Å². The molecule has 1 heterocycles. The molecule has 0 amide bonds. The molecule has 0 fully saturated rings. The van der Waals surface area contributed by atoms with E-state index in [9.17, 15) is 0 Å². The zero-order chi connectivity index (χ0) is 8.27. The molecule has 0 saturated heterocycles. The molecule has 3 nitrogen and oxygen atoms in total. The summed E-state index contributed by atoms with van der Waals surface area (Å²) in [6.07, 6.45) is 0. The van der Waals surface area contributed by atoms with E-state index in [1.165, 1.54) is 0 Å². The predicted molar refractivity (Wildman–Crippen MR) is 44.3 cm³/mol. The van der Waals surface area contributed by atoms with Crippen LogP contribution in [0.4, 0.5) is 0 Å². The molecule has 0 radical (unpaired) electrons. The van der Waals surface area contributed by atoms with Gasteiger partial charge in [-0.05, 0) is 19.1 Å². The summed E-state index contributed by atoms with van der Waals surface area (Å²) in [6, 6.07) is 3.58. The minimum Gasteiger partial charge on any atom is -0.267 e. The second kappa shape index (κ2) is 3.53. The molecule has 1 rings (SSSR count). The molecule has 4 heteroatoms. The van der Waals surface area contributed by atoms with E-state index in [0.29, 0.717) is 5.15 Å². The molecular formula is C7H10ClN3. The summed E-state index contributed by atoms with van der Waals surface area (Å²) in [7, 11) is 1.82. The topological polar surface area (TPSA) is 30.2 Å². The molecule has 0 aromatic carbocycles. The van der Waals surface area contributed by atoms with Gasteiger partial charge in [0.05, 0.1) is 0 Å². The van der Waals surface area contributed by atoms with Gasteiger partial charge in [-0.25, -0.2) is 4.68 Å². The predicted octanol–water partition coefficient (Wildman–Crippen LogP) is 0.994. The second-order valence-corrected chi connectivity index (χ2v) is 2.50. The first kappa shape index (κ1) is 8.27. The van der Waals surface area contributed by atoms with E-state index in [0.717, 1.165) is 12.0 Å². The summed E-state index contributed by atoms with van der Waals surface area (Å²) in [6.45, 7) is 2.74. The zero-order valence-corrected chi connectivity index (χ0v) is 7.34.